The van der Waals surface area contributed by atoms with Crippen LogP contribution >= 0.6 is 0 Å². The lowest BCUT2D eigenvalue weighted by Gasteiger charge is -2.41. The maximum Gasteiger partial charge on any atom is 0.353 e. The Kier molecular flexibility index (Phi) is 3.45. The number of carbonyl (C=O) groups excluding carboxylic acids is 1. The molecule has 1 aliphatic carbocycles. The summed E-state index contributed by atoms with van der Waals surface area (Å²) in [5.41, 5.74) is -0.878. The molecule has 0 aromatic carbocycles. The number of imidazole rings is 1. The second-order valence-electron chi connectivity index (χ2n) is 6.22. The number of aromatic carboxylic acids is 1. The van der Waals surface area contributed by atoms with Gasteiger partial charge < -0.3 is 20.7 Å². The van der Waals surface area contributed by atoms with Gasteiger partial charge in [-0.1, -0.05) is 0 Å². The summed E-state index contributed by atoms with van der Waals surface area (Å²) in [5, 5.41) is 14.7. The van der Waals surface area contributed by atoms with Crippen molar-refractivity contribution in [2.24, 2.45) is 0 Å². The van der Waals surface area contributed by atoms with E-state index in [0.717, 1.165) is 19.3 Å². The van der Waals surface area contributed by atoms with Gasteiger partial charge in [-0.05, 0) is 40.0 Å². The van der Waals surface area contributed by atoms with E-state index in [-0.39, 0.29) is 17.3 Å². The van der Waals surface area contributed by atoms with Gasteiger partial charge in [0, 0.05) is 5.54 Å². The molecule has 2 amide bonds. The molecule has 0 atom stereocenters. The number of aromatic nitrogens is 2. The number of rotatable bonds is 3. The highest BCUT2D eigenvalue weighted by Crippen LogP contribution is 2.39. The second-order valence-corrected chi connectivity index (χ2v) is 6.22. The van der Waals surface area contributed by atoms with Crippen molar-refractivity contribution in [3.63, 3.8) is 0 Å². The number of aromatic amines is 1. The van der Waals surface area contributed by atoms with Crippen molar-refractivity contribution in [2.45, 2.75) is 51.1 Å². The maximum atomic E-state index is 12.0. The van der Waals surface area contributed by atoms with Gasteiger partial charge in [0.2, 0.25) is 0 Å². The molecule has 0 aliphatic heterocycles. The number of amides is 2. The van der Waals surface area contributed by atoms with E-state index in [1.54, 1.807) is 0 Å². The van der Waals surface area contributed by atoms with Gasteiger partial charge in [0.05, 0.1) is 11.7 Å². The molecule has 1 aliphatic rings. The molecule has 110 valence electrons. The first-order valence-electron chi connectivity index (χ1n) is 6.61. The van der Waals surface area contributed by atoms with Gasteiger partial charge in [-0.3, -0.25) is 0 Å². The first-order valence-corrected chi connectivity index (χ1v) is 6.61. The molecule has 1 aromatic rings. The minimum atomic E-state index is -1.06. The zero-order valence-electron chi connectivity index (χ0n) is 11.9. The monoisotopic (exact) mass is 280 g/mol. The molecule has 0 radical (unpaired) electrons. The van der Waals surface area contributed by atoms with E-state index in [1.807, 2.05) is 20.8 Å². The predicted octanol–water partition coefficient (Wildman–Crippen LogP) is 1.58. The first-order chi connectivity index (χ1) is 9.22. The molecule has 1 fully saturated rings. The van der Waals surface area contributed by atoms with Gasteiger partial charge in [-0.2, -0.15) is 0 Å². The number of hydrogen-bond acceptors (Lipinski definition) is 3. The van der Waals surface area contributed by atoms with E-state index in [4.69, 9.17) is 5.11 Å². The van der Waals surface area contributed by atoms with Crippen LogP contribution in [-0.4, -0.2) is 32.6 Å². The van der Waals surface area contributed by atoms with Crippen molar-refractivity contribution in [1.82, 2.24) is 20.6 Å². The van der Waals surface area contributed by atoms with Crippen LogP contribution in [0.2, 0.25) is 0 Å². The molecule has 1 heterocycles. The van der Waals surface area contributed by atoms with Crippen LogP contribution in [0.4, 0.5) is 4.79 Å². The third kappa shape index (κ3) is 2.92. The molecule has 7 nitrogen and oxygen atoms in total. The van der Waals surface area contributed by atoms with Crippen molar-refractivity contribution in [2.75, 3.05) is 0 Å². The van der Waals surface area contributed by atoms with Crippen molar-refractivity contribution < 1.29 is 14.7 Å². The number of urea groups is 1. The van der Waals surface area contributed by atoms with Crippen LogP contribution in [-0.2, 0) is 5.54 Å². The molecule has 0 unspecified atom stereocenters. The standard InChI is InChI=1S/C13H20N4O3/c1-12(2,3)16-11(20)17-13(5-4-6-13)10-14-7-8(15-10)9(18)19/h7H,4-6H2,1-3H3,(H,14,15)(H,18,19)(H2,16,17,20). The van der Waals surface area contributed by atoms with Crippen LogP contribution in [0.1, 0.15) is 56.3 Å². The summed E-state index contributed by atoms with van der Waals surface area (Å²) in [6.07, 6.45) is 3.74. The lowest BCUT2D eigenvalue weighted by molar-refractivity contribution is 0.0690. The Morgan fingerprint density at radius 3 is 2.45 bits per heavy atom. The van der Waals surface area contributed by atoms with E-state index in [9.17, 15) is 9.59 Å². The molecule has 0 saturated heterocycles. The van der Waals surface area contributed by atoms with Gasteiger partial charge in [-0.25, -0.2) is 14.6 Å². The fourth-order valence-corrected chi connectivity index (χ4v) is 2.21. The third-order valence-corrected chi connectivity index (χ3v) is 3.31. The number of carbonyl (C=O) groups is 2. The van der Waals surface area contributed by atoms with Crippen molar-refractivity contribution >= 4 is 12.0 Å². The minimum absolute atomic E-state index is 0.0318. The third-order valence-electron chi connectivity index (χ3n) is 3.31. The highest BCUT2D eigenvalue weighted by Gasteiger charge is 2.43. The Morgan fingerprint density at radius 1 is 1.40 bits per heavy atom. The molecular weight excluding hydrogens is 260 g/mol. The summed E-state index contributed by atoms with van der Waals surface area (Å²) in [7, 11) is 0. The lowest BCUT2D eigenvalue weighted by Crippen LogP contribution is -2.57. The Hall–Kier alpha value is -2.05. The van der Waals surface area contributed by atoms with Crippen molar-refractivity contribution in [1.29, 1.82) is 0 Å². The number of carboxylic acid groups (broad SMARTS) is 1. The summed E-state index contributed by atoms with van der Waals surface area (Å²) in [6, 6.07) is -0.273. The van der Waals surface area contributed by atoms with Crippen LogP contribution in [0.25, 0.3) is 0 Å². The molecule has 0 bridgehead atoms. The van der Waals surface area contributed by atoms with Crippen LogP contribution < -0.4 is 10.6 Å². The Balaban J connectivity index is 2.13. The van der Waals surface area contributed by atoms with Crippen LogP contribution in [0.3, 0.4) is 0 Å². The Labute approximate surface area is 117 Å². The van der Waals surface area contributed by atoms with Crippen molar-refractivity contribution in [3.05, 3.63) is 17.7 Å². The zero-order valence-corrected chi connectivity index (χ0v) is 11.9. The predicted molar refractivity (Wildman–Crippen MR) is 72.5 cm³/mol. The number of H-pyrrole nitrogens is 1. The maximum absolute atomic E-state index is 12.0. The molecule has 1 aromatic heterocycles. The van der Waals surface area contributed by atoms with Gasteiger partial charge >= 0.3 is 12.0 Å². The minimum Gasteiger partial charge on any atom is -0.477 e. The highest BCUT2D eigenvalue weighted by molar-refractivity contribution is 5.85. The molecule has 7 heteroatoms. The summed E-state index contributed by atoms with van der Waals surface area (Å²) >= 11 is 0. The van der Waals surface area contributed by atoms with Gasteiger partial charge in [0.15, 0.2) is 0 Å². The summed E-state index contributed by atoms with van der Waals surface area (Å²) in [6.45, 7) is 5.69. The highest BCUT2D eigenvalue weighted by atomic mass is 16.4. The molecule has 4 N–H and O–H groups in total. The largest absolute Gasteiger partial charge is 0.477 e. The number of nitrogens with zero attached hydrogens (tertiary/aromatic N) is 1. The molecule has 20 heavy (non-hydrogen) atoms. The molecule has 2 rings (SSSR count). The number of carboxylic acids is 1. The van der Waals surface area contributed by atoms with Crippen LogP contribution in [0.15, 0.2) is 6.20 Å². The van der Waals surface area contributed by atoms with E-state index >= 15 is 0 Å². The lowest BCUT2D eigenvalue weighted by atomic mass is 9.76. The smallest absolute Gasteiger partial charge is 0.353 e. The quantitative estimate of drug-likeness (QED) is 0.674. The van der Waals surface area contributed by atoms with Crippen molar-refractivity contribution in [3.8, 4) is 0 Å². The molecule has 0 spiro atoms. The van der Waals surface area contributed by atoms with Gasteiger partial charge in [0.25, 0.3) is 0 Å². The topological polar surface area (TPSA) is 107 Å². The van der Waals surface area contributed by atoms with Gasteiger partial charge in [0.1, 0.15) is 11.5 Å². The summed E-state index contributed by atoms with van der Waals surface area (Å²) in [5.74, 6) is -0.553. The first kappa shape index (κ1) is 14.4. The number of hydrogen-bond donors (Lipinski definition) is 4. The van der Waals surface area contributed by atoms with Crippen LogP contribution in [0, 0.1) is 0 Å². The van der Waals surface area contributed by atoms with E-state index in [0.29, 0.717) is 5.82 Å². The summed E-state index contributed by atoms with van der Waals surface area (Å²) < 4.78 is 0. The zero-order chi connectivity index (χ0) is 15.0. The summed E-state index contributed by atoms with van der Waals surface area (Å²) in [4.78, 5) is 29.8. The fraction of sp³-hybridized carbons (Fsp3) is 0.615. The normalized spacial score (nSPS) is 17.1. The number of nitrogens with one attached hydrogen (secondary N) is 3. The SMILES string of the molecule is CC(C)(C)NC(=O)NC1(c2ncc(C(=O)O)[nH]2)CCC1. The average Bonchev–Trinajstić information content (AvgIpc) is 2.70. The second kappa shape index (κ2) is 4.81. The Morgan fingerprint density at radius 2 is 2.05 bits per heavy atom. The van der Waals surface area contributed by atoms with Gasteiger partial charge in [-0.15, -0.1) is 0 Å². The average molecular weight is 280 g/mol. The molecule has 1 saturated carbocycles. The fourth-order valence-electron chi connectivity index (χ4n) is 2.21. The molecular formula is C13H20N4O3. The van der Waals surface area contributed by atoms with Crippen LogP contribution in [0.5, 0.6) is 0 Å². The van der Waals surface area contributed by atoms with E-state index in [2.05, 4.69) is 20.6 Å². The van der Waals surface area contributed by atoms with E-state index < -0.39 is 11.5 Å². The van der Waals surface area contributed by atoms with E-state index in [1.165, 1.54) is 6.20 Å². The Bertz CT molecular complexity index is 526.